The van der Waals surface area contributed by atoms with Gasteiger partial charge in [-0.1, -0.05) is 23.8 Å². The number of carboxylic acid groups (broad SMARTS) is 1. The van der Waals surface area contributed by atoms with Crippen LogP contribution in [0.1, 0.15) is 10.4 Å². The molecule has 0 saturated heterocycles. The lowest BCUT2D eigenvalue weighted by Gasteiger charge is -2.16. The maximum absolute atomic E-state index is 12.2. The van der Waals surface area contributed by atoms with E-state index in [9.17, 15) is 9.59 Å². The van der Waals surface area contributed by atoms with Crippen LogP contribution in [0.2, 0.25) is 0 Å². The smallest absolute Gasteiger partial charge is 0.405 e. The Morgan fingerprint density at radius 2 is 1.95 bits per heavy atom. The monoisotopic (exact) mass is 304 g/mol. The second-order valence-corrected chi connectivity index (χ2v) is 5.67. The van der Waals surface area contributed by atoms with E-state index in [2.05, 4.69) is 10.6 Å². The molecule has 0 saturated carbocycles. The summed E-state index contributed by atoms with van der Waals surface area (Å²) in [4.78, 5) is 24.0. The maximum atomic E-state index is 12.2. The second-order valence-electron chi connectivity index (χ2n) is 4.64. The lowest BCUT2D eigenvalue weighted by atomic mass is 10.1. The molecule has 1 heterocycles. The number of carbonyl (C=O) groups excluding carboxylic acids is 1. The molecule has 5 nitrogen and oxygen atoms in total. The highest BCUT2D eigenvalue weighted by Crippen LogP contribution is 2.13. The molecule has 0 spiro atoms. The van der Waals surface area contributed by atoms with Gasteiger partial charge in [-0.25, -0.2) is 4.79 Å². The minimum absolute atomic E-state index is 0.335. The predicted octanol–water partition coefficient (Wildman–Crippen LogP) is 2.87. The number of anilines is 1. The van der Waals surface area contributed by atoms with E-state index >= 15 is 0 Å². The molecule has 2 aromatic rings. The summed E-state index contributed by atoms with van der Waals surface area (Å²) in [6, 6.07) is 10.3. The summed E-state index contributed by atoms with van der Waals surface area (Å²) < 4.78 is 0. The number of hydrogen-bond donors (Lipinski definition) is 3. The number of thiophene rings is 1. The first-order valence-electron chi connectivity index (χ1n) is 6.44. The highest BCUT2D eigenvalue weighted by Gasteiger charge is 2.21. The molecule has 1 atom stereocenters. The van der Waals surface area contributed by atoms with Crippen molar-refractivity contribution in [1.29, 1.82) is 0 Å². The maximum Gasteiger partial charge on any atom is 0.405 e. The zero-order valence-corrected chi connectivity index (χ0v) is 12.3. The van der Waals surface area contributed by atoms with Crippen LogP contribution in [0.15, 0.2) is 41.8 Å². The second kappa shape index (κ2) is 6.90. The average Bonchev–Trinajstić information content (AvgIpc) is 2.93. The van der Waals surface area contributed by atoms with Gasteiger partial charge in [0.15, 0.2) is 0 Å². The third kappa shape index (κ3) is 4.61. The molecule has 0 aliphatic rings. The summed E-state index contributed by atoms with van der Waals surface area (Å²) in [6.07, 6.45) is -0.877. The summed E-state index contributed by atoms with van der Waals surface area (Å²) in [7, 11) is 0. The largest absolute Gasteiger partial charge is 0.465 e. The number of amides is 2. The van der Waals surface area contributed by atoms with Gasteiger partial charge in [-0.05, 0) is 30.5 Å². The molecule has 2 amide bonds. The summed E-state index contributed by atoms with van der Waals surface area (Å²) in [5.74, 6) is -0.366. The highest BCUT2D eigenvalue weighted by molar-refractivity contribution is 7.09. The summed E-state index contributed by atoms with van der Waals surface area (Å²) in [6.45, 7) is 1.96. The van der Waals surface area contributed by atoms with Gasteiger partial charge in [-0.3, -0.25) is 4.79 Å². The topological polar surface area (TPSA) is 78.4 Å². The van der Waals surface area contributed by atoms with Gasteiger partial charge in [-0.2, -0.15) is 0 Å². The molecule has 0 fully saturated rings. The van der Waals surface area contributed by atoms with Gasteiger partial charge in [0.2, 0.25) is 5.91 Å². The number of benzene rings is 1. The van der Waals surface area contributed by atoms with Gasteiger partial charge >= 0.3 is 6.09 Å². The van der Waals surface area contributed by atoms with Crippen molar-refractivity contribution in [2.45, 2.75) is 19.4 Å². The van der Waals surface area contributed by atoms with Crippen LogP contribution < -0.4 is 10.6 Å². The van der Waals surface area contributed by atoms with Gasteiger partial charge in [0.25, 0.3) is 0 Å². The molecule has 21 heavy (non-hydrogen) atoms. The molecule has 0 aliphatic carbocycles. The van der Waals surface area contributed by atoms with E-state index in [0.29, 0.717) is 12.1 Å². The minimum atomic E-state index is -1.21. The van der Waals surface area contributed by atoms with Crippen LogP contribution in [0.4, 0.5) is 10.5 Å². The third-order valence-corrected chi connectivity index (χ3v) is 3.82. The first-order chi connectivity index (χ1) is 10.0. The first kappa shape index (κ1) is 15.1. The van der Waals surface area contributed by atoms with Crippen LogP contribution in [0.3, 0.4) is 0 Å². The van der Waals surface area contributed by atoms with Gasteiger partial charge in [0, 0.05) is 17.0 Å². The molecule has 3 N–H and O–H groups in total. The molecule has 0 radical (unpaired) electrons. The van der Waals surface area contributed by atoms with E-state index in [1.165, 1.54) is 11.3 Å². The number of nitrogens with one attached hydrogen (secondary N) is 2. The van der Waals surface area contributed by atoms with E-state index in [4.69, 9.17) is 5.11 Å². The van der Waals surface area contributed by atoms with E-state index in [0.717, 1.165) is 10.4 Å². The molecule has 1 aromatic carbocycles. The fraction of sp³-hybridized carbons (Fsp3) is 0.200. The van der Waals surface area contributed by atoms with Crippen LogP contribution in [0, 0.1) is 6.92 Å². The molecule has 0 aliphatic heterocycles. The van der Waals surface area contributed by atoms with Gasteiger partial charge < -0.3 is 15.7 Å². The van der Waals surface area contributed by atoms with E-state index in [1.807, 2.05) is 36.6 Å². The van der Waals surface area contributed by atoms with Crippen LogP contribution in [0.5, 0.6) is 0 Å². The third-order valence-electron chi connectivity index (χ3n) is 2.92. The molecule has 1 aromatic heterocycles. The van der Waals surface area contributed by atoms with E-state index in [-0.39, 0.29) is 5.91 Å². The van der Waals surface area contributed by atoms with Crippen molar-refractivity contribution >= 4 is 29.0 Å². The van der Waals surface area contributed by atoms with Crippen molar-refractivity contribution in [2.24, 2.45) is 0 Å². The standard InChI is InChI=1S/C15H16N2O3S/c1-10-4-6-11(7-5-10)16-14(18)13(17-15(19)20)9-12-3-2-8-21-12/h2-8,13,17H,9H2,1H3,(H,16,18)(H,19,20)/t13-/m0/s1. The summed E-state index contributed by atoms with van der Waals surface area (Å²) >= 11 is 1.49. The Bertz CT molecular complexity index is 608. The Morgan fingerprint density at radius 3 is 2.52 bits per heavy atom. The fourth-order valence-electron chi connectivity index (χ4n) is 1.85. The Hall–Kier alpha value is -2.34. The molecular weight excluding hydrogens is 288 g/mol. The Labute approximate surface area is 126 Å². The highest BCUT2D eigenvalue weighted by atomic mass is 32.1. The lowest BCUT2D eigenvalue weighted by Crippen LogP contribution is -2.44. The fourth-order valence-corrected chi connectivity index (χ4v) is 2.61. The molecule has 110 valence electrons. The van der Waals surface area contributed by atoms with Crippen molar-refractivity contribution in [3.8, 4) is 0 Å². The van der Waals surface area contributed by atoms with Crippen molar-refractivity contribution in [2.75, 3.05) is 5.32 Å². The van der Waals surface area contributed by atoms with Gasteiger partial charge in [0.05, 0.1) is 0 Å². The van der Waals surface area contributed by atoms with Crippen LogP contribution >= 0.6 is 11.3 Å². The van der Waals surface area contributed by atoms with Crippen molar-refractivity contribution in [3.63, 3.8) is 0 Å². The summed E-state index contributed by atoms with van der Waals surface area (Å²) in [5, 5.41) is 15.8. The number of aryl methyl sites for hydroxylation is 1. The van der Waals surface area contributed by atoms with Crippen molar-refractivity contribution < 1.29 is 14.7 Å². The lowest BCUT2D eigenvalue weighted by molar-refractivity contribution is -0.118. The zero-order valence-electron chi connectivity index (χ0n) is 11.5. The first-order valence-corrected chi connectivity index (χ1v) is 7.32. The molecule has 0 bridgehead atoms. The van der Waals surface area contributed by atoms with Crippen LogP contribution in [0.25, 0.3) is 0 Å². The number of rotatable bonds is 5. The minimum Gasteiger partial charge on any atom is -0.465 e. The predicted molar refractivity (Wildman–Crippen MR) is 82.8 cm³/mol. The number of carbonyl (C=O) groups is 2. The average molecular weight is 304 g/mol. The molecular formula is C15H16N2O3S. The zero-order chi connectivity index (χ0) is 15.2. The van der Waals surface area contributed by atoms with Gasteiger partial charge in [0.1, 0.15) is 6.04 Å². The molecule has 2 rings (SSSR count). The normalized spacial score (nSPS) is 11.7. The Kier molecular flexibility index (Phi) is 4.94. The van der Waals surface area contributed by atoms with E-state index in [1.54, 1.807) is 12.1 Å². The van der Waals surface area contributed by atoms with Crippen LogP contribution in [-0.4, -0.2) is 23.1 Å². The molecule has 0 unspecified atom stereocenters. The Balaban J connectivity index is 2.06. The summed E-state index contributed by atoms with van der Waals surface area (Å²) in [5.41, 5.74) is 1.74. The van der Waals surface area contributed by atoms with Crippen molar-refractivity contribution in [3.05, 3.63) is 52.2 Å². The van der Waals surface area contributed by atoms with Crippen molar-refractivity contribution in [1.82, 2.24) is 5.32 Å². The SMILES string of the molecule is Cc1ccc(NC(=O)[C@H](Cc2cccs2)NC(=O)O)cc1. The van der Waals surface area contributed by atoms with E-state index < -0.39 is 12.1 Å². The van der Waals surface area contributed by atoms with Crippen LogP contribution in [-0.2, 0) is 11.2 Å². The quantitative estimate of drug-likeness (QED) is 0.794. The van der Waals surface area contributed by atoms with Gasteiger partial charge in [-0.15, -0.1) is 11.3 Å². The number of hydrogen-bond acceptors (Lipinski definition) is 3. The Morgan fingerprint density at radius 1 is 1.24 bits per heavy atom. The molecule has 6 heteroatoms.